The number of hydrogen-bond acceptors (Lipinski definition) is 10. The molecule has 12 heteroatoms. The number of hydrogen-bond donors (Lipinski definition) is 4. The van der Waals surface area contributed by atoms with Crippen LogP contribution in [0.5, 0.6) is 5.75 Å². The molecule has 3 rings (SSSR count). The van der Waals surface area contributed by atoms with E-state index in [4.69, 9.17) is 18.9 Å². The number of halogens is 1. The van der Waals surface area contributed by atoms with Crippen LogP contribution in [0.25, 0.3) is 0 Å². The molecule has 0 spiro atoms. The lowest BCUT2D eigenvalue weighted by atomic mass is 9.80. The van der Waals surface area contributed by atoms with E-state index in [2.05, 4.69) is 27.8 Å². The number of benzene rings is 2. The molecule has 11 nitrogen and oxygen atoms in total. The second-order valence-corrected chi connectivity index (χ2v) is 9.60. The lowest BCUT2D eigenvalue weighted by molar-refractivity contribution is -0.138. The zero-order valence-electron chi connectivity index (χ0n) is 24.8. The first-order chi connectivity index (χ1) is 21.2. The average Bonchev–Trinajstić information content (AvgIpc) is 3.01. The van der Waals surface area contributed by atoms with Crippen molar-refractivity contribution in [3.05, 3.63) is 88.5 Å². The number of alkyl carbamates (subject to hydrolysis) is 1. The van der Waals surface area contributed by atoms with Gasteiger partial charge < -0.3 is 40.0 Å². The number of ether oxygens (including phenoxy) is 4. The van der Waals surface area contributed by atoms with Gasteiger partial charge in [-0.1, -0.05) is 42.2 Å². The quantitative estimate of drug-likeness (QED) is 0.116. The standard InChI is InChI=1S/C32H36FN3O8/c1-21-27(30(38)41-3)29(23-10-9-11-24(33)18-23)28(22(2)36-21)31(39)42-16-7-8-17-43-32(40)35-15-14-34-19-25(37)20-44-26-12-5-4-6-13-26/h4-6,9-13,18,25,29,34,36-37H,14-17,19-20H2,1-3H3,(H,35,40). The Balaban J connectivity index is 1.40. The first-order valence-corrected chi connectivity index (χ1v) is 13.8. The first kappa shape index (κ1) is 33.6. The summed E-state index contributed by atoms with van der Waals surface area (Å²) in [4.78, 5) is 37.6. The van der Waals surface area contributed by atoms with Gasteiger partial charge in [0.25, 0.3) is 0 Å². The highest BCUT2D eigenvalue weighted by atomic mass is 19.1. The molecule has 234 valence electrons. The Hall–Kier alpha value is -4.86. The summed E-state index contributed by atoms with van der Waals surface area (Å²) in [7, 11) is 1.22. The van der Waals surface area contributed by atoms with Gasteiger partial charge in [0.15, 0.2) is 13.2 Å². The molecule has 1 amide bonds. The zero-order chi connectivity index (χ0) is 31.9. The fraction of sp³-hybridized carbons (Fsp3) is 0.344. The molecular formula is C32H36FN3O8. The first-order valence-electron chi connectivity index (χ1n) is 13.8. The number of carbonyl (C=O) groups is 3. The number of aliphatic hydroxyl groups excluding tert-OH is 1. The van der Waals surface area contributed by atoms with Gasteiger partial charge in [-0.25, -0.2) is 18.8 Å². The average molecular weight is 610 g/mol. The summed E-state index contributed by atoms with van der Waals surface area (Å²) in [6.07, 6.45) is -1.40. The van der Waals surface area contributed by atoms with E-state index < -0.39 is 35.9 Å². The van der Waals surface area contributed by atoms with Crippen LogP contribution in [0.1, 0.15) is 25.3 Å². The van der Waals surface area contributed by atoms with Gasteiger partial charge in [-0.2, -0.15) is 0 Å². The minimum absolute atomic E-state index is 0.115. The third kappa shape index (κ3) is 10.1. The van der Waals surface area contributed by atoms with E-state index >= 15 is 0 Å². The maximum absolute atomic E-state index is 14.1. The number of para-hydroxylation sites is 1. The summed E-state index contributed by atoms with van der Waals surface area (Å²) in [6.45, 7) is 3.82. The maximum Gasteiger partial charge on any atom is 0.408 e. The highest BCUT2D eigenvalue weighted by molar-refractivity contribution is 5.99. The van der Waals surface area contributed by atoms with Gasteiger partial charge in [0, 0.05) is 31.0 Å². The number of methoxy groups -OCH3 is 1. The van der Waals surface area contributed by atoms with Crippen molar-refractivity contribution in [2.24, 2.45) is 0 Å². The monoisotopic (exact) mass is 609 g/mol. The highest BCUT2D eigenvalue weighted by Gasteiger charge is 2.37. The lowest BCUT2D eigenvalue weighted by Gasteiger charge is -2.30. The molecule has 0 bridgehead atoms. The van der Waals surface area contributed by atoms with Crippen molar-refractivity contribution >= 4 is 18.0 Å². The van der Waals surface area contributed by atoms with Crippen LogP contribution in [0.4, 0.5) is 9.18 Å². The Morgan fingerprint density at radius 1 is 0.955 bits per heavy atom. The molecule has 4 N–H and O–H groups in total. The van der Waals surface area contributed by atoms with Crippen LogP contribution in [0.15, 0.2) is 77.1 Å². The van der Waals surface area contributed by atoms with Crippen LogP contribution >= 0.6 is 0 Å². The fourth-order valence-corrected chi connectivity index (χ4v) is 4.39. The molecule has 2 aromatic carbocycles. The van der Waals surface area contributed by atoms with Crippen LogP contribution in [0.3, 0.4) is 0 Å². The van der Waals surface area contributed by atoms with Crippen LogP contribution in [0, 0.1) is 17.7 Å². The molecule has 44 heavy (non-hydrogen) atoms. The Bertz CT molecular complexity index is 1430. The molecule has 0 saturated carbocycles. The van der Waals surface area contributed by atoms with Gasteiger partial charge in [0.1, 0.15) is 24.3 Å². The van der Waals surface area contributed by atoms with Crippen molar-refractivity contribution in [2.75, 3.05) is 46.6 Å². The predicted octanol–water partition coefficient (Wildman–Crippen LogP) is 2.54. The van der Waals surface area contributed by atoms with Crippen molar-refractivity contribution in [2.45, 2.75) is 25.9 Å². The van der Waals surface area contributed by atoms with E-state index in [1.165, 1.54) is 25.3 Å². The number of amides is 1. The van der Waals surface area contributed by atoms with Gasteiger partial charge in [0.05, 0.1) is 24.2 Å². The second-order valence-electron chi connectivity index (χ2n) is 9.60. The van der Waals surface area contributed by atoms with Crippen molar-refractivity contribution in [1.82, 2.24) is 16.0 Å². The largest absolute Gasteiger partial charge is 0.491 e. The van der Waals surface area contributed by atoms with Gasteiger partial charge >= 0.3 is 18.0 Å². The van der Waals surface area contributed by atoms with Gasteiger partial charge in [-0.15, -0.1) is 0 Å². The highest BCUT2D eigenvalue weighted by Crippen LogP contribution is 2.39. The summed E-state index contributed by atoms with van der Waals surface area (Å²) < 4.78 is 34.8. The topological polar surface area (TPSA) is 144 Å². The second kappa shape index (κ2) is 17.3. The third-order valence-corrected chi connectivity index (χ3v) is 6.38. The predicted molar refractivity (Wildman–Crippen MR) is 159 cm³/mol. The summed E-state index contributed by atoms with van der Waals surface area (Å²) in [6, 6.07) is 14.8. The number of aliphatic hydroxyl groups is 1. The Labute approximate surface area is 255 Å². The molecule has 2 aromatic rings. The number of dihydropyridines is 1. The van der Waals surface area contributed by atoms with Gasteiger partial charge in [-0.3, -0.25) is 0 Å². The molecule has 0 aromatic heterocycles. The minimum atomic E-state index is -0.924. The van der Waals surface area contributed by atoms with Crippen LogP contribution in [-0.2, 0) is 23.8 Å². The summed E-state index contributed by atoms with van der Waals surface area (Å²) in [5.41, 5.74) is 1.56. The summed E-state index contributed by atoms with van der Waals surface area (Å²) in [5.74, 6) is 2.98. The Morgan fingerprint density at radius 3 is 2.32 bits per heavy atom. The minimum Gasteiger partial charge on any atom is -0.491 e. The molecule has 0 saturated heterocycles. The Kier molecular flexibility index (Phi) is 13.2. The van der Waals surface area contributed by atoms with Crippen molar-refractivity contribution < 1.29 is 42.8 Å². The molecule has 1 aliphatic rings. The molecule has 2 atom stereocenters. The smallest absolute Gasteiger partial charge is 0.408 e. The van der Waals surface area contributed by atoms with Crippen molar-refractivity contribution in [3.8, 4) is 17.6 Å². The molecule has 0 fully saturated rings. The van der Waals surface area contributed by atoms with E-state index in [-0.39, 0.29) is 44.1 Å². The number of allylic oxidation sites excluding steroid dienone is 2. The fourth-order valence-electron chi connectivity index (χ4n) is 4.39. The SMILES string of the molecule is COC(=O)C1=C(C)NC(C)=C(C(=O)OCC#CCOC(=O)NCCNCC(O)COc2ccccc2)C1c1cccc(F)c1. The maximum atomic E-state index is 14.1. The van der Waals surface area contributed by atoms with Gasteiger partial charge in [0.2, 0.25) is 0 Å². The molecule has 1 aliphatic heterocycles. The van der Waals surface area contributed by atoms with E-state index in [0.29, 0.717) is 29.3 Å². The van der Waals surface area contributed by atoms with Crippen LogP contribution < -0.4 is 20.7 Å². The van der Waals surface area contributed by atoms with E-state index in [1.807, 2.05) is 18.2 Å². The van der Waals surface area contributed by atoms with E-state index in [1.54, 1.807) is 32.0 Å². The number of rotatable bonds is 13. The molecule has 0 radical (unpaired) electrons. The Morgan fingerprint density at radius 2 is 1.64 bits per heavy atom. The molecule has 1 heterocycles. The summed E-state index contributed by atoms with van der Waals surface area (Å²) >= 11 is 0. The third-order valence-electron chi connectivity index (χ3n) is 6.38. The normalized spacial score (nSPS) is 14.9. The molecular weight excluding hydrogens is 573 g/mol. The summed E-state index contributed by atoms with van der Waals surface area (Å²) in [5, 5.41) is 18.5. The van der Waals surface area contributed by atoms with E-state index in [0.717, 1.165) is 0 Å². The van der Waals surface area contributed by atoms with E-state index in [9.17, 15) is 23.9 Å². The van der Waals surface area contributed by atoms with Crippen LogP contribution in [0.2, 0.25) is 0 Å². The molecule has 2 unspecified atom stereocenters. The molecule has 0 aliphatic carbocycles. The van der Waals surface area contributed by atoms with Crippen molar-refractivity contribution in [3.63, 3.8) is 0 Å². The number of nitrogens with one attached hydrogen (secondary N) is 3. The van der Waals surface area contributed by atoms with Crippen LogP contribution in [-0.4, -0.2) is 75.8 Å². The van der Waals surface area contributed by atoms with Gasteiger partial charge in [-0.05, 0) is 43.7 Å². The van der Waals surface area contributed by atoms with Crippen molar-refractivity contribution in [1.29, 1.82) is 0 Å². The number of carbonyl (C=O) groups excluding carboxylic acids is 3. The zero-order valence-corrected chi connectivity index (χ0v) is 24.8. The lowest BCUT2D eigenvalue weighted by Crippen LogP contribution is -2.37. The number of esters is 2.